The van der Waals surface area contributed by atoms with Crippen LogP contribution in [0, 0.1) is 19.8 Å². The fraction of sp³-hybridized carbons (Fsp3) is 0.765. The van der Waals surface area contributed by atoms with Crippen LogP contribution in [0.1, 0.15) is 36.7 Å². The summed E-state index contributed by atoms with van der Waals surface area (Å²) in [4.78, 5) is 7.17. The van der Waals surface area contributed by atoms with Gasteiger partial charge in [-0.2, -0.15) is 5.10 Å². The van der Waals surface area contributed by atoms with Gasteiger partial charge in [0.05, 0.1) is 12.2 Å². The van der Waals surface area contributed by atoms with Crippen LogP contribution in [0.25, 0.3) is 0 Å². The van der Waals surface area contributed by atoms with Crippen molar-refractivity contribution in [2.45, 2.75) is 40.2 Å². The molecule has 1 aromatic heterocycles. The molecule has 1 saturated heterocycles. The Morgan fingerprint density at radius 3 is 2.70 bits per heavy atom. The first-order valence-electron chi connectivity index (χ1n) is 8.71. The maximum Gasteiger partial charge on any atom is 0.191 e. The fourth-order valence-electron chi connectivity index (χ4n) is 3.23. The molecule has 2 N–H and O–H groups in total. The zero-order valence-electron chi connectivity index (χ0n) is 15.3. The molecule has 6 heteroatoms. The molecule has 2 rings (SSSR count). The fourth-order valence-corrected chi connectivity index (χ4v) is 3.23. The number of rotatable bonds is 5. The predicted octanol–water partition coefficient (Wildman–Crippen LogP) is 1.43. The number of aliphatic imine (C=N–C) groups is 1. The predicted molar refractivity (Wildman–Crippen MR) is 95.7 cm³/mol. The molecule has 1 aromatic rings. The van der Waals surface area contributed by atoms with Gasteiger partial charge < -0.3 is 15.5 Å². The van der Waals surface area contributed by atoms with Crippen molar-refractivity contribution in [3.8, 4) is 0 Å². The lowest BCUT2D eigenvalue weighted by molar-refractivity contribution is 0.210. The van der Waals surface area contributed by atoms with Crippen LogP contribution in [0.5, 0.6) is 0 Å². The van der Waals surface area contributed by atoms with E-state index in [4.69, 9.17) is 4.99 Å². The van der Waals surface area contributed by atoms with Gasteiger partial charge in [0, 0.05) is 37.9 Å². The van der Waals surface area contributed by atoms with Gasteiger partial charge in [0.15, 0.2) is 5.96 Å². The van der Waals surface area contributed by atoms with Crippen molar-refractivity contribution in [3.63, 3.8) is 0 Å². The van der Waals surface area contributed by atoms with Crippen LogP contribution < -0.4 is 10.6 Å². The first kappa shape index (κ1) is 17.8. The molecular formula is C17H32N6. The van der Waals surface area contributed by atoms with Gasteiger partial charge in [0.25, 0.3) is 0 Å². The van der Waals surface area contributed by atoms with E-state index in [0.717, 1.165) is 24.7 Å². The molecule has 0 spiro atoms. The Labute approximate surface area is 140 Å². The van der Waals surface area contributed by atoms with Gasteiger partial charge in [-0.15, -0.1) is 0 Å². The van der Waals surface area contributed by atoms with Crippen LogP contribution in [0.4, 0.5) is 0 Å². The molecule has 1 aliphatic rings. The monoisotopic (exact) mass is 320 g/mol. The minimum absolute atomic E-state index is 0.672. The van der Waals surface area contributed by atoms with E-state index in [0.29, 0.717) is 12.5 Å². The standard InChI is InChI=1S/C17H32N6/c1-6-18-17(19-10-15-8-7-9-22(4)12-15)20-11-16-13(2)21-23(5)14(16)3/h15H,6-12H2,1-5H3,(H2,18,19,20). The molecule has 1 atom stereocenters. The summed E-state index contributed by atoms with van der Waals surface area (Å²) in [5.74, 6) is 1.61. The van der Waals surface area contributed by atoms with Crippen molar-refractivity contribution in [1.29, 1.82) is 0 Å². The van der Waals surface area contributed by atoms with Crippen LogP contribution in [-0.2, 0) is 13.6 Å². The molecule has 23 heavy (non-hydrogen) atoms. The number of piperidine rings is 1. The minimum atomic E-state index is 0.672. The van der Waals surface area contributed by atoms with E-state index in [2.05, 4.69) is 48.5 Å². The molecule has 0 amide bonds. The van der Waals surface area contributed by atoms with Gasteiger partial charge in [-0.3, -0.25) is 4.68 Å². The van der Waals surface area contributed by atoms with E-state index in [1.165, 1.54) is 37.2 Å². The Morgan fingerprint density at radius 1 is 1.30 bits per heavy atom. The molecule has 130 valence electrons. The van der Waals surface area contributed by atoms with Crippen LogP contribution >= 0.6 is 0 Å². The summed E-state index contributed by atoms with van der Waals surface area (Å²) in [6, 6.07) is 0. The quantitative estimate of drug-likeness (QED) is 0.637. The smallest absolute Gasteiger partial charge is 0.191 e. The summed E-state index contributed by atoms with van der Waals surface area (Å²) < 4.78 is 1.93. The Bertz CT molecular complexity index is 533. The highest BCUT2D eigenvalue weighted by molar-refractivity contribution is 5.79. The van der Waals surface area contributed by atoms with Crippen LogP contribution in [0.2, 0.25) is 0 Å². The number of aromatic nitrogens is 2. The van der Waals surface area contributed by atoms with E-state index in [-0.39, 0.29) is 0 Å². The van der Waals surface area contributed by atoms with Crippen molar-refractivity contribution in [2.24, 2.45) is 18.0 Å². The highest BCUT2D eigenvalue weighted by Crippen LogP contribution is 2.14. The maximum atomic E-state index is 4.75. The number of hydrogen-bond acceptors (Lipinski definition) is 3. The number of hydrogen-bond donors (Lipinski definition) is 2. The van der Waals surface area contributed by atoms with Crippen LogP contribution in [-0.4, -0.2) is 53.9 Å². The normalized spacial score (nSPS) is 19.9. The summed E-state index contributed by atoms with van der Waals surface area (Å²) in [6.07, 6.45) is 2.60. The average Bonchev–Trinajstić information content (AvgIpc) is 2.75. The van der Waals surface area contributed by atoms with Crippen molar-refractivity contribution >= 4 is 5.96 Å². The summed E-state index contributed by atoms with van der Waals surface area (Å²) >= 11 is 0. The van der Waals surface area contributed by atoms with E-state index >= 15 is 0 Å². The molecule has 1 unspecified atom stereocenters. The van der Waals surface area contributed by atoms with Gasteiger partial charge >= 0.3 is 0 Å². The zero-order chi connectivity index (χ0) is 16.8. The largest absolute Gasteiger partial charge is 0.357 e. The van der Waals surface area contributed by atoms with Crippen molar-refractivity contribution in [2.75, 3.05) is 33.2 Å². The van der Waals surface area contributed by atoms with Crippen molar-refractivity contribution < 1.29 is 0 Å². The van der Waals surface area contributed by atoms with E-state index in [1.807, 2.05) is 11.7 Å². The van der Waals surface area contributed by atoms with Crippen LogP contribution in [0.3, 0.4) is 0 Å². The summed E-state index contributed by atoms with van der Waals surface area (Å²) in [5.41, 5.74) is 3.48. The molecular weight excluding hydrogens is 288 g/mol. The third-order valence-corrected chi connectivity index (χ3v) is 4.68. The van der Waals surface area contributed by atoms with Gasteiger partial charge in [0.1, 0.15) is 0 Å². The minimum Gasteiger partial charge on any atom is -0.357 e. The molecule has 0 radical (unpaired) electrons. The summed E-state index contributed by atoms with van der Waals surface area (Å²) in [5, 5.41) is 11.3. The molecule has 2 heterocycles. The zero-order valence-corrected chi connectivity index (χ0v) is 15.3. The molecule has 0 aromatic carbocycles. The Morgan fingerprint density at radius 2 is 2.09 bits per heavy atom. The van der Waals surface area contributed by atoms with Gasteiger partial charge in [-0.05, 0) is 53.1 Å². The van der Waals surface area contributed by atoms with Gasteiger partial charge in [-0.1, -0.05) is 0 Å². The molecule has 6 nitrogen and oxygen atoms in total. The second kappa shape index (κ2) is 8.34. The van der Waals surface area contributed by atoms with E-state index < -0.39 is 0 Å². The lowest BCUT2D eigenvalue weighted by Crippen LogP contribution is -2.43. The van der Waals surface area contributed by atoms with E-state index in [1.54, 1.807) is 0 Å². The van der Waals surface area contributed by atoms with Crippen LogP contribution in [0.15, 0.2) is 4.99 Å². The third kappa shape index (κ3) is 4.96. The second-order valence-electron chi connectivity index (χ2n) is 6.62. The first-order chi connectivity index (χ1) is 11.0. The Balaban J connectivity index is 1.94. The lowest BCUT2D eigenvalue weighted by atomic mass is 9.99. The highest BCUT2D eigenvalue weighted by atomic mass is 15.3. The molecule has 1 fully saturated rings. The molecule has 0 aliphatic carbocycles. The summed E-state index contributed by atoms with van der Waals surface area (Å²) in [6.45, 7) is 11.2. The van der Waals surface area contributed by atoms with Crippen molar-refractivity contribution in [3.05, 3.63) is 17.0 Å². The molecule has 0 saturated carbocycles. The molecule has 1 aliphatic heterocycles. The lowest BCUT2D eigenvalue weighted by Gasteiger charge is -2.30. The van der Waals surface area contributed by atoms with E-state index in [9.17, 15) is 0 Å². The van der Waals surface area contributed by atoms with Crippen molar-refractivity contribution in [1.82, 2.24) is 25.3 Å². The summed E-state index contributed by atoms with van der Waals surface area (Å²) in [7, 11) is 4.19. The Hall–Kier alpha value is -1.56. The Kier molecular flexibility index (Phi) is 6.45. The van der Waals surface area contributed by atoms with Gasteiger partial charge in [-0.25, -0.2) is 4.99 Å². The number of guanidine groups is 1. The first-order valence-corrected chi connectivity index (χ1v) is 8.71. The number of nitrogens with one attached hydrogen (secondary N) is 2. The second-order valence-corrected chi connectivity index (χ2v) is 6.62. The maximum absolute atomic E-state index is 4.75. The topological polar surface area (TPSA) is 57.5 Å². The molecule has 0 bridgehead atoms. The highest BCUT2D eigenvalue weighted by Gasteiger charge is 2.17. The average molecular weight is 320 g/mol. The third-order valence-electron chi connectivity index (χ3n) is 4.68. The number of aryl methyl sites for hydroxylation is 2. The number of nitrogens with zero attached hydrogens (tertiary/aromatic N) is 4. The van der Waals surface area contributed by atoms with Gasteiger partial charge in [0.2, 0.25) is 0 Å². The SMILES string of the molecule is CCNC(=NCc1c(C)nn(C)c1C)NCC1CCCN(C)C1. The number of likely N-dealkylation sites (tertiary alicyclic amines) is 1.